The highest BCUT2D eigenvalue weighted by atomic mass is 19.1. The first kappa shape index (κ1) is 10.7. The Balaban J connectivity index is 2.77. The summed E-state index contributed by atoms with van der Waals surface area (Å²) in [5.41, 5.74) is 0.185. The van der Waals surface area contributed by atoms with E-state index < -0.39 is 5.82 Å². The second kappa shape index (κ2) is 5.34. The van der Waals surface area contributed by atoms with Gasteiger partial charge < -0.3 is 9.47 Å². The van der Waals surface area contributed by atoms with E-state index in [-0.39, 0.29) is 18.1 Å². The zero-order valence-corrected chi connectivity index (χ0v) is 7.83. The molecule has 0 aromatic heterocycles. The molecular formula is C10H11FO3. The van der Waals surface area contributed by atoms with Crippen molar-refractivity contribution < 1.29 is 18.7 Å². The number of carbonyl (C=O) groups is 1. The van der Waals surface area contributed by atoms with Crippen molar-refractivity contribution >= 4 is 6.29 Å². The maximum atomic E-state index is 13.1. The second-order valence-corrected chi connectivity index (χ2v) is 2.53. The van der Waals surface area contributed by atoms with Gasteiger partial charge in [-0.25, -0.2) is 4.39 Å². The molecule has 0 aliphatic heterocycles. The first-order valence-corrected chi connectivity index (χ1v) is 4.23. The van der Waals surface area contributed by atoms with Crippen molar-refractivity contribution in [3.63, 3.8) is 0 Å². The largest absolute Gasteiger partial charge is 0.464 e. The summed E-state index contributed by atoms with van der Waals surface area (Å²) in [6.45, 7) is 2.22. The molecule has 76 valence electrons. The van der Waals surface area contributed by atoms with E-state index in [1.54, 1.807) is 6.92 Å². The number of hydrogen-bond acceptors (Lipinski definition) is 3. The Kier molecular flexibility index (Phi) is 4.07. The molecule has 3 nitrogen and oxygen atoms in total. The van der Waals surface area contributed by atoms with Gasteiger partial charge in [-0.3, -0.25) is 4.79 Å². The molecule has 0 saturated heterocycles. The van der Waals surface area contributed by atoms with Crippen molar-refractivity contribution in [2.75, 3.05) is 13.4 Å². The van der Waals surface area contributed by atoms with Crippen LogP contribution in [0.3, 0.4) is 0 Å². The average molecular weight is 198 g/mol. The van der Waals surface area contributed by atoms with Crippen LogP contribution in [0, 0.1) is 5.82 Å². The summed E-state index contributed by atoms with van der Waals surface area (Å²) < 4.78 is 23.0. The van der Waals surface area contributed by atoms with Crippen LogP contribution in [0.4, 0.5) is 4.39 Å². The summed E-state index contributed by atoms with van der Waals surface area (Å²) in [6, 6.07) is 4.16. The fraction of sp³-hybridized carbons (Fsp3) is 0.300. The molecule has 14 heavy (non-hydrogen) atoms. The third-order valence-corrected chi connectivity index (χ3v) is 1.62. The van der Waals surface area contributed by atoms with Crippen LogP contribution in [0.15, 0.2) is 18.2 Å². The summed E-state index contributed by atoms with van der Waals surface area (Å²) in [5, 5.41) is 0. The molecule has 0 N–H and O–H groups in total. The van der Waals surface area contributed by atoms with Gasteiger partial charge in [-0.1, -0.05) is 6.07 Å². The minimum absolute atomic E-state index is 0.0573. The Hall–Kier alpha value is -1.42. The quantitative estimate of drug-likeness (QED) is 0.412. The molecule has 0 bridgehead atoms. The third kappa shape index (κ3) is 2.53. The van der Waals surface area contributed by atoms with Gasteiger partial charge in [0.25, 0.3) is 0 Å². The molecule has 0 aliphatic carbocycles. The SMILES string of the molecule is CCOCOc1c(F)cccc1C=O. The van der Waals surface area contributed by atoms with Gasteiger partial charge in [-0.15, -0.1) is 0 Å². The minimum atomic E-state index is -0.561. The second-order valence-electron chi connectivity index (χ2n) is 2.53. The maximum absolute atomic E-state index is 13.1. The van der Waals surface area contributed by atoms with Crippen LogP contribution >= 0.6 is 0 Å². The van der Waals surface area contributed by atoms with Crippen molar-refractivity contribution in [3.8, 4) is 5.75 Å². The van der Waals surface area contributed by atoms with Gasteiger partial charge in [-0.2, -0.15) is 0 Å². The van der Waals surface area contributed by atoms with Gasteiger partial charge >= 0.3 is 0 Å². The summed E-state index contributed by atoms with van der Waals surface area (Å²) in [5.74, 6) is -0.620. The van der Waals surface area contributed by atoms with Gasteiger partial charge in [0, 0.05) is 6.61 Å². The monoisotopic (exact) mass is 198 g/mol. The Morgan fingerprint density at radius 1 is 1.50 bits per heavy atom. The number of halogens is 1. The van der Waals surface area contributed by atoms with Gasteiger partial charge in [0.1, 0.15) is 0 Å². The lowest BCUT2D eigenvalue weighted by Crippen LogP contribution is -2.05. The Morgan fingerprint density at radius 3 is 2.93 bits per heavy atom. The van der Waals surface area contributed by atoms with Crippen LogP contribution in [-0.2, 0) is 4.74 Å². The molecule has 1 rings (SSSR count). The number of benzene rings is 1. The van der Waals surface area contributed by atoms with Crippen LogP contribution < -0.4 is 4.74 Å². The van der Waals surface area contributed by atoms with E-state index in [0.717, 1.165) is 0 Å². The zero-order valence-electron chi connectivity index (χ0n) is 7.83. The first-order valence-electron chi connectivity index (χ1n) is 4.23. The van der Waals surface area contributed by atoms with Crippen molar-refractivity contribution in [1.82, 2.24) is 0 Å². The Morgan fingerprint density at radius 2 is 2.29 bits per heavy atom. The van der Waals surface area contributed by atoms with Gasteiger partial charge in [0.15, 0.2) is 24.6 Å². The molecule has 0 aliphatic rings. The highest BCUT2D eigenvalue weighted by molar-refractivity contribution is 5.79. The molecule has 0 spiro atoms. The lowest BCUT2D eigenvalue weighted by molar-refractivity contribution is 0.0197. The molecule has 0 fully saturated rings. The van der Waals surface area contributed by atoms with Crippen LogP contribution in [0.25, 0.3) is 0 Å². The van der Waals surface area contributed by atoms with E-state index in [1.807, 2.05) is 0 Å². The van der Waals surface area contributed by atoms with E-state index in [4.69, 9.17) is 9.47 Å². The van der Waals surface area contributed by atoms with E-state index in [0.29, 0.717) is 12.9 Å². The Labute approximate surface area is 81.4 Å². The topological polar surface area (TPSA) is 35.5 Å². The summed E-state index contributed by atoms with van der Waals surface area (Å²) in [6.07, 6.45) is 0.546. The lowest BCUT2D eigenvalue weighted by Gasteiger charge is -2.08. The average Bonchev–Trinajstić information content (AvgIpc) is 2.20. The lowest BCUT2D eigenvalue weighted by atomic mass is 10.2. The van der Waals surface area contributed by atoms with Crippen LogP contribution in [0.5, 0.6) is 5.75 Å². The molecule has 1 aromatic rings. The minimum Gasteiger partial charge on any atom is -0.464 e. The third-order valence-electron chi connectivity index (χ3n) is 1.62. The normalized spacial score (nSPS) is 9.86. The van der Waals surface area contributed by atoms with Crippen molar-refractivity contribution in [2.45, 2.75) is 6.92 Å². The molecule has 1 aromatic carbocycles. The highest BCUT2D eigenvalue weighted by Crippen LogP contribution is 2.20. The zero-order chi connectivity index (χ0) is 10.4. The molecular weight excluding hydrogens is 187 g/mol. The molecule has 0 unspecified atom stereocenters. The van der Waals surface area contributed by atoms with Crippen molar-refractivity contribution in [2.24, 2.45) is 0 Å². The standard InChI is InChI=1S/C10H11FO3/c1-2-13-7-14-10-8(6-12)4-3-5-9(10)11/h3-6H,2,7H2,1H3. The van der Waals surface area contributed by atoms with Gasteiger partial charge in [0.05, 0.1) is 5.56 Å². The molecule has 0 atom stereocenters. The number of ether oxygens (including phenoxy) is 2. The predicted molar refractivity (Wildman–Crippen MR) is 48.9 cm³/mol. The summed E-state index contributed by atoms with van der Waals surface area (Å²) in [7, 11) is 0. The molecule has 0 amide bonds. The summed E-state index contributed by atoms with van der Waals surface area (Å²) in [4.78, 5) is 10.5. The molecule has 0 heterocycles. The fourth-order valence-corrected chi connectivity index (χ4v) is 0.955. The van der Waals surface area contributed by atoms with E-state index >= 15 is 0 Å². The number of rotatable bonds is 5. The van der Waals surface area contributed by atoms with Gasteiger partial charge in [-0.05, 0) is 19.1 Å². The Bertz CT molecular complexity index is 312. The maximum Gasteiger partial charge on any atom is 0.189 e. The number of para-hydroxylation sites is 1. The van der Waals surface area contributed by atoms with E-state index in [1.165, 1.54) is 18.2 Å². The smallest absolute Gasteiger partial charge is 0.189 e. The molecule has 0 saturated carbocycles. The molecule has 4 heteroatoms. The van der Waals surface area contributed by atoms with Crippen molar-refractivity contribution in [1.29, 1.82) is 0 Å². The fourth-order valence-electron chi connectivity index (χ4n) is 0.955. The van der Waals surface area contributed by atoms with Crippen LogP contribution in [-0.4, -0.2) is 19.7 Å². The number of carbonyl (C=O) groups excluding carboxylic acids is 1. The van der Waals surface area contributed by atoms with Crippen LogP contribution in [0.2, 0.25) is 0 Å². The number of hydrogen-bond donors (Lipinski definition) is 0. The molecule has 0 radical (unpaired) electrons. The predicted octanol–water partition coefficient (Wildman–Crippen LogP) is 2.01. The van der Waals surface area contributed by atoms with Gasteiger partial charge in [0.2, 0.25) is 0 Å². The number of aldehydes is 1. The highest BCUT2D eigenvalue weighted by Gasteiger charge is 2.08. The van der Waals surface area contributed by atoms with E-state index in [2.05, 4.69) is 0 Å². The van der Waals surface area contributed by atoms with Crippen molar-refractivity contribution in [3.05, 3.63) is 29.6 Å². The van der Waals surface area contributed by atoms with E-state index in [9.17, 15) is 9.18 Å². The summed E-state index contributed by atoms with van der Waals surface area (Å²) >= 11 is 0. The van der Waals surface area contributed by atoms with Crippen LogP contribution in [0.1, 0.15) is 17.3 Å². The first-order chi connectivity index (χ1) is 6.79.